The van der Waals surface area contributed by atoms with Crippen LogP contribution in [0.1, 0.15) is 12.5 Å². The van der Waals surface area contributed by atoms with Gasteiger partial charge >= 0.3 is 0 Å². The number of halogens is 1. The highest BCUT2D eigenvalue weighted by molar-refractivity contribution is 9.09. The molecule has 0 saturated heterocycles. The summed E-state index contributed by atoms with van der Waals surface area (Å²) in [4.78, 5) is 11.1. The van der Waals surface area contributed by atoms with Crippen LogP contribution in [0.5, 0.6) is 0 Å². The van der Waals surface area contributed by atoms with E-state index in [9.17, 15) is 4.79 Å². The van der Waals surface area contributed by atoms with Crippen molar-refractivity contribution >= 4 is 21.8 Å². The van der Waals surface area contributed by atoms with Crippen LogP contribution in [0.25, 0.3) is 0 Å². The van der Waals surface area contributed by atoms with Gasteiger partial charge in [-0.15, -0.1) is 0 Å². The average molecular weight is 282 g/mol. The summed E-state index contributed by atoms with van der Waals surface area (Å²) in [5.74, 6) is 0.000142. The molecular formula is C13H16BrNO. The molecule has 0 bridgehead atoms. The summed E-state index contributed by atoms with van der Waals surface area (Å²) in [5.41, 5.74) is 1.22. The molecule has 0 radical (unpaired) electrons. The number of carbonyl (C=O) groups is 1. The minimum atomic E-state index is 0.000142. The van der Waals surface area contributed by atoms with Crippen LogP contribution in [0.15, 0.2) is 42.5 Å². The Kier molecular flexibility index (Phi) is 5.86. The Balaban J connectivity index is 2.63. The number of allylic oxidation sites excluding steroid dienone is 1. The third kappa shape index (κ3) is 5.12. The molecule has 1 aromatic rings. The second-order valence-corrected chi connectivity index (χ2v) is 4.23. The van der Waals surface area contributed by atoms with E-state index in [-0.39, 0.29) is 11.9 Å². The highest BCUT2D eigenvalue weighted by atomic mass is 79.9. The van der Waals surface area contributed by atoms with Gasteiger partial charge in [-0.3, -0.25) is 4.79 Å². The summed E-state index contributed by atoms with van der Waals surface area (Å²) in [7, 11) is 0. The Hall–Kier alpha value is -1.09. The van der Waals surface area contributed by atoms with Crippen LogP contribution in [0.3, 0.4) is 0 Å². The zero-order valence-corrected chi connectivity index (χ0v) is 10.9. The van der Waals surface area contributed by atoms with E-state index in [1.807, 2.05) is 30.4 Å². The average Bonchev–Trinajstić information content (AvgIpc) is 2.26. The molecule has 0 fully saturated rings. The molecule has 0 aromatic heterocycles. The van der Waals surface area contributed by atoms with Gasteiger partial charge in [-0.2, -0.15) is 0 Å². The fourth-order valence-corrected chi connectivity index (χ4v) is 1.73. The third-order valence-corrected chi connectivity index (χ3v) is 2.52. The molecule has 0 heterocycles. The molecule has 1 aromatic carbocycles. The Morgan fingerprint density at radius 3 is 2.69 bits per heavy atom. The van der Waals surface area contributed by atoms with Crippen LogP contribution in [-0.4, -0.2) is 17.3 Å². The molecule has 1 N–H and O–H groups in total. The van der Waals surface area contributed by atoms with Crippen molar-refractivity contribution in [3.8, 4) is 0 Å². The van der Waals surface area contributed by atoms with Crippen molar-refractivity contribution in [2.24, 2.45) is 0 Å². The summed E-state index contributed by atoms with van der Waals surface area (Å²) in [6.45, 7) is 1.54. The molecule has 0 aliphatic heterocycles. The predicted octanol–water partition coefficient (Wildman–Crippen LogP) is 2.68. The van der Waals surface area contributed by atoms with E-state index in [1.165, 1.54) is 5.56 Å². The maximum Gasteiger partial charge on any atom is 0.217 e. The van der Waals surface area contributed by atoms with Gasteiger partial charge in [0.25, 0.3) is 0 Å². The van der Waals surface area contributed by atoms with Crippen molar-refractivity contribution in [2.75, 3.05) is 5.33 Å². The second kappa shape index (κ2) is 7.23. The van der Waals surface area contributed by atoms with Crippen molar-refractivity contribution in [1.82, 2.24) is 5.32 Å². The van der Waals surface area contributed by atoms with Crippen LogP contribution in [0.4, 0.5) is 0 Å². The second-order valence-electron chi connectivity index (χ2n) is 3.58. The minimum Gasteiger partial charge on any atom is -0.350 e. The summed E-state index contributed by atoms with van der Waals surface area (Å²) in [6, 6.07) is 10.2. The zero-order chi connectivity index (χ0) is 11.8. The van der Waals surface area contributed by atoms with Gasteiger partial charge in [-0.05, 0) is 12.0 Å². The number of alkyl halides is 1. The normalized spacial score (nSPS) is 12.6. The SMILES string of the molecule is CC(=O)N[C@H](/C=C/CBr)Cc1ccccc1. The highest BCUT2D eigenvalue weighted by Crippen LogP contribution is 2.04. The van der Waals surface area contributed by atoms with Gasteiger partial charge < -0.3 is 5.32 Å². The van der Waals surface area contributed by atoms with Crippen LogP contribution >= 0.6 is 15.9 Å². The van der Waals surface area contributed by atoms with Crippen molar-refractivity contribution in [1.29, 1.82) is 0 Å². The number of nitrogens with one attached hydrogen (secondary N) is 1. The first-order chi connectivity index (χ1) is 7.72. The minimum absolute atomic E-state index is 0.000142. The molecule has 0 aliphatic carbocycles. The fraction of sp³-hybridized carbons (Fsp3) is 0.308. The monoisotopic (exact) mass is 281 g/mol. The first-order valence-electron chi connectivity index (χ1n) is 5.26. The molecule has 86 valence electrons. The molecule has 3 heteroatoms. The molecule has 0 spiro atoms. The number of benzene rings is 1. The maximum absolute atomic E-state index is 11.1. The van der Waals surface area contributed by atoms with Gasteiger partial charge in [0, 0.05) is 12.3 Å². The van der Waals surface area contributed by atoms with Crippen molar-refractivity contribution < 1.29 is 4.79 Å². The van der Waals surface area contributed by atoms with E-state index >= 15 is 0 Å². The number of hydrogen-bond donors (Lipinski definition) is 1. The molecule has 0 unspecified atom stereocenters. The van der Waals surface area contributed by atoms with Crippen LogP contribution in [0, 0.1) is 0 Å². The van der Waals surface area contributed by atoms with E-state index in [0.717, 1.165) is 11.8 Å². The van der Waals surface area contributed by atoms with E-state index in [4.69, 9.17) is 0 Å². The van der Waals surface area contributed by atoms with Gasteiger partial charge in [0.15, 0.2) is 0 Å². The van der Waals surface area contributed by atoms with Crippen molar-refractivity contribution in [3.63, 3.8) is 0 Å². The Morgan fingerprint density at radius 2 is 2.12 bits per heavy atom. The van der Waals surface area contributed by atoms with Gasteiger partial charge in [0.05, 0.1) is 6.04 Å². The summed E-state index contributed by atoms with van der Waals surface area (Å²) >= 11 is 3.33. The molecular weight excluding hydrogens is 266 g/mol. The summed E-state index contributed by atoms with van der Waals surface area (Å²) < 4.78 is 0. The predicted molar refractivity (Wildman–Crippen MR) is 70.7 cm³/mol. The lowest BCUT2D eigenvalue weighted by Gasteiger charge is -2.13. The quantitative estimate of drug-likeness (QED) is 0.653. The zero-order valence-electron chi connectivity index (χ0n) is 9.32. The van der Waals surface area contributed by atoms with Gasteiger partial charge in [-0.25, -0.2) is 0 Å². The van der Waals surface area contributed by atoms with Gasteiger partial charge in [0.1, 0.15) is 0 Å². The number of hydrogen-bond acceptors (Lipinski definition) is 1. The molecule has 1 rings (SSSR count). The topological polar surface area (TPSA) is 29.1 Å². The maximum atomic E-state index is 11.1. The van der Waals surface area contributed by atoms with E-state index < -0.39 is 0 Å². The molecule has 1 amide bonds. The Labute approximate surface area is 105 Å². The molecule has 0 aliphatic rings. The number of amides is 1. The largest absolute Gasteiger partial charge is 0.350 e. The third-order valence-electron chi connectivity index (χ3n) is 2.14. The lowest BCUT2D eigenvalue weighted by Crippen LogP contribution is -2.33. The van der Waals surface area contributed by atoms with Crippen LogP contribution in [-0.2, 0) is 11.2 Å². The van der Waals surface area contributed by atoms with Gasteiger partial charge in [-0.1, -0.05) is 58.4 Å². The van der Waals surface area contributed by atoms with Crippen LogP contribution in [0.2, 0.25) is 0 Å². The lowest BCUT2D eigenvalue weighted by atomic mass is 10.1. The summed E-state index contributed by atoms with van der Waals surface area (Å²) in [5, 5.41) is 3.72. The highest BCUT2D eigenvalue weighted by Gasteiger charge is 2.06. The number of rotatable bonds is 5. The van der Waals surface area contributed by atoms with Crippen molar-refractivity contribution in [2.45, 2.75) is 19.4 Å². The molecule has 0 saturated carbocycles. The van der Waals surface area contributed by atoms with Crippen LogP contribution < -0.4 is 5.32 Å². The summed E-state index contributed by atoms with van der Waals surface area (Å²) in [6.07, 6.45) is 4.84. The van der Waals surface area contributed by atoms with Gasteiger partial charge in [0.2, 0.25) is 5.91 Å². The lowest BCUT2D eigenvalue weighted by molar-refractivity contribution is -0.119. The first kappa shape index (κ1) is 13.0. The smallest absolute Gasteiger partial charge is 0.217 e. The van der Waals surface area contributed by atoms with E-state index in [1.54, 1.807) is 6.92 Å². The first-order valence-corrected chi connectivity index (χ1v) is 6.38. The van der Waals surface area contributed by atoms with Crippen molar-refractivity contribution in [3.05, 3.63) is 48.0 Å². The molecule has 16 heavy (non-hydrogen) atoms. The van der Waals surface area contributed by atoms with E-state index in [0.29, 0.717) is 0 Å². The molecule has 1 atom stereocenters. The standard InChI is InChI=1S/C13H16BrNO/c1-11(16)15-13(8-5-9-14)10-12-6-3-2-4-7-12/h2-8,13H,9-10H2,1H3,(H,15,16)/b8-5+/t13-/m1/s1. The fourth-order valence-electron chi connectivity index (χ4n) is 1.51. The van der Waals surface area contributed by atoms with E-state index in [2.05, 4.69) is 33.4 Å². The Bertz CT molecular complexity index is 348. The Morgan fingerprint density at radius 1 is 1.44 bits per heavy atom. The number of carbonyl (C=O) groups excluding carboxylic acids is 1. The molecule has 2 nitrogen and oxygen atoms in total.